The summed E-state index contributed by atoms with van der Waals surface area (Å²) in [5.74, 6) is 0. The van der Waals surface area contributed by atoms with Crippen molar-refractivity contribution in [2.45, 2.75) is 53.9 Å². The molecule has 0 atom stereocenters. The maximum Gasteiger partial charge on any atom is 0.0431 e. The van der Waals surface area contributed by atoms with Crippen LogP contribution in [-0.4, -0.2) is 11.7 Å². The van der Waals surface area contributed by atoms with Gasteiger partial charge in [-0.25, -0.2) is 0 Å². The number of unbranched alkanes of at least 4 members (excludes halogenated alkanes) is 1. The highest BCUT2D eigenvalue weighted by Gasteiger charge is 1.91. The van der Waals surface area contributed by atoms with E-state index < -0.39 is 0 Å². The van der Waals surface area contributed by atoms with Gasteiger partial charge in [-0.15, -0.1) is 0 Å². The van der Waals surface area contributed by atoms with E-state index >= 15 is 0 Å². The highest BCUT2D eigenvalue weighted by Crippen LogP contribution is 2.06. The molecule has 0 spiro atoms. The molecule has 5 rings (SSSR count). The number of aliphatic hydroxyl groups is 1. The molecule has 0 aromatic heterocycles. The van der Waals surface area contributed by atoms with Crippen molar-refractivity contribution in [1.29, 1.82) is 0 Å². The van der Waals surface area contributed by atoms with Gasteiger partial charge in [-0.1, -0.05) is 173 Å². The standard InChI is InChI=1S/C11H16O.4C7H8/c1-10-5-7-11(8-6-10)4-2-3-9-12;4*1-7-5-3-2-4-6-7/h5-8,12H,2-4,9H2,1H3;4*2-6H,1H3. The van der Waals surface area contributed by atoms with Gasteiger partial charge in [0.25, 0.3) is 0 Å². The number of aliphatic hydroxyl groups excluding tert-OH is 1. The molecule has 0 saturated heterocycles. The van der Waals surface area contributed by atoms with E-state index in [2.05, 4.69) is 107 Å². The van der Waals surface area contributed by atoms with Crippen LogP contribution >= 0.6 is 0 Å². The molecule has 40 heavy (non-hydrogen) atoms. The minimum atomic E-state index is 0.311. The van der Waals surface area contributed by atoms with Crippen molar-refractivity contribution >= 4 is 0 Å². The van der Waals surface area contributed by atoms with Gasteiger partial charge in [-0.3, -0.25) is 0 Å². The Bertz CT molecular complexity index is 1050. The topological polar surface area (TPSA) is 20.2 Å². The molecule has 0 amide bonds. The van der Waals surface area contributed by atoms with Crippen molar-refractivity contribution in [3.05, 3.63) is 179 Å². The van der Waals surface area contributed by atoms with Crippen LogP contribution in [0.3, 0.4) is 0 Å². The molecule has 1 nitrogen and oxygen atoms in total. The van der Waals surface area contributed by atoms with E-state index in [-0.39, 0.29) is 0 Å². The van der Waals surface area contributed by atoms with Crippen LogP contribution in [-0.2, 0) is 6.42 Å². The zero-order chi connectivity index (χ0) is 29.3. The van der Waals surface area contributed by atoms with Gasteiger partial charge in [-0.05, 0) is 59.4 Å². The summed E-state index contributed by atoms with van der Waals surface area (Å²) in [6.45, 7) is 10.7. The minimum absolute atomic E-state index is 0.311. The van der Waals surface area contributed by atoms with Crippen molar-refractivity contribution < 1.29 is 5.11 Å². The van der Waals surface area contributed by atoms with Crippen molar-refractivity contribution in [1.82, 2.24) is 0 Å². The second-order valence-corrected chi connectivity index (χ2v) is 9.79. The average Bonchev–Trinajstić information content (AvgIpc) is 2.97. The Hall–Kier alpha value is -3.94. The molecule has 0 aliphatic rings. The zero-order valence-electron chi connectivity index (χ0n) is 25.1. The van der Waals surface area contributed by atoms with E-state index in [0.717, 1.165) is 19.3 Å². The largest absolute Gasteiger partial charge is 0.396 e. The molecule has 0 bridgehead atoms. The lowest BCUT2D eigenvalue weighted by Crippen LogP contribution is -1.88. The number of aryl methyl sites for hydroxylation is 6. The van der Waals surface area contributed by atoms with Crippen LogP contribution in [0.2, 0.25) is 0 Å². The second-order valence-electron chi connectivity index (χ2n) is 9.79. The summed E-state index contributed by atoms with van der Waals surface area (Å²) in [7, 11) is 0. The smallest absolute Gasteiger partial charge is 0.0431 e. The predicted octanol–water partition coefficient (Wildman–Crippen LogP) is 10.3. The Labute approximate surface area is 244 Å². The van der Waals surface area contributed by atoms with Crippen molar-refractivity contribution in [2.24, 2.45) is 0 Å². The monoisotopic (exact) mass is 532 g/mol. The Balaban J connectivity index is 0.000000255. The van der Waals surface area contributed by atoms with Crippen molar-refractivity contribution in [3.63, 3.8) is 0 Å². The molecule has 0 fully saturated rings. The van der Waals surface area contributed by atoms with Gasteiger partial charge < -0.3 is 5.11 Å². The summed E-state index contributed by atoms with van der Waals surface area (Å²) in [5.41, 5.74) is 7.96. The highest BCUT2D eigenvalue weighted by atomic mass is 16.2. The van der Waals surface area contributed by atoms with E-state index in [1.54, 1.807) is 0 Å². The fourth-order valence-corrected chi connectivity index (χ4v) is 3.33. The number of hydrogen-bond acceptors (Lipinski definition) is 1. The van der Waals surface area contributed by atoms with Gasteiger partial charge in [-0.2, -0.15) is 0 Å². The molecule has 0 aliphatic heterocycles. The first kappa shape index (κ1) is 34.1. The quantitative estimate of drug-likeness (QED) is 0.228. The first-order chi connectivity index (χ1) is 19.4. The van der Waals surface area contributed by atoms with Crippen molar-refractivity contribution in [2.75, 3.05) is 6.61 Å². The maximum absolute atomic E-state index is 8.59. The van der Waals surface area contributed by atoms with Crippen LogP contribution in [0.4, 0.5) is 0 Å². The summed E-state index contributed by atoms with van der Waals surface area (Å²) in [6.07, 6.45) is 3.08. The Kier molecular flexibility index (Phi) is 19.6. The van der Waals surface area contributed by atoms with Gasteiger partial charge in [0.2, 0.25) is 0 Å². The fraction of sp³-hybridized carbons (Fsp3) is 0.231. The fourth-order valence-electron chi connectivity index (χ4n) is 3.33. The normalized spacial score (nSPS) is 9.15. The summed E-state index contributed by atoms with van der Waals surface area (Å²) >= 11 is 0. The molecule has 0 saturated carbocycles. The van der Waals surface area contributed by atoms with Gasteiger partial charge in [0.1, 0.15) is 0 Å². The summed E-state index contributed by atoms with van der Waals surface area (Å²) in [4.78, 5) is 0. The number of hydrogen-bond donors (Lipinski definition) is 1. The van der Waals surface area contributed by atoms with Crippen molar-refractivity contribution in [3.8, 4) is 0 Å². The summed E-state index contributed by atoms with van der Waals surface area (Å²) in [6, 6.07) is 49.6. The van der Waals surface area contributed by atoms with E-state index in [0.29, 0.717) is 6.61 Å². The summed E-state index contributed by atoms with van der Waals surface area (Å²) < 4.78 is 0. The van der Waals surface area contributed by atoms with Gasteiger partial charge >= 0.3 is 0 Å². The van der Waals surface area contributed by atoms with E-state index in [4.69, 9.17) is 5.11 Å². The molecule has 0 radical (unpaired) electrons. The number of benzene rings is 5. The first-order valence-corrected chi connectivity index (χ1v) is 14.1. The molecule has 210 valence electrons. The van der Waals surface area contributed by atoms with E-state index in [1.165, 1.54) is 33.4 Å². The SMILES string of the molecule is Cc1ccc(CCCCO)cc1.Cc1ccccc1.Cc1ccccc1.Cc1ccccc1.Cc1ccccc1. The third-order valence-corrected chi connectivity index (χ3v) is 5.76. The number of rotatable bonds is 4. The van der Waals surface area contributed by atoms with Gasteiger partial charge in [0.05, 0.1) is 0 Å². The lowest BCUT2D eigenvalue weighted by molar-refractivity contribution is 0.284. The summed E-state index contributed by atoms with van der Waals surface area (Å²) in [5, 5.41) is 8.59. The molecular formula is C39H48O. The maximum atomic E-state index is 8.59. The third-order valence-electron chi connectivity index (χ3n) is 5.76. The Morgan fingerprint density at radius 3 is 0.850 bits per heavy atom. The predicted molar refractivity (Wildman–Crippen MR) is 176 cm³/mol. The Morgan fingerprint density at radius 1 is 0.350 bits per heavy atom. The van der Waals surface area contributed by atoms with Crippen LogP contribution < -0.4 is 0 Å². The molecule has 1 N–H and O–H groups in total. The lowest BCUT2D eigenvalue weighted by Gasteiger charge is -2.00. The average molecular weight is 533 g/mol. The van der Waals surface area contributed by atoms with Crippen LogP contribution in [0, 0.1) is 34.6 Å². The molecule has 0 heterocycles. The molecule has 0 aliphatic carbocycles. The molecule has 5 aromatic rings. The molecule has 1 heteroatoms. The molecule has 5 aromatic carbocycles. The Morgan fingerprint density at radius 2 is 0.625 bits per heavy atom. The van der Waals surface area contributed by atoms with E-state index in [9.17, 15) is 0 Å². The second kappa shape index (κ2) is 23.0. The van der Waals surface area contributed by atoms with Crippen LogP contribution in [0.5, 0.6) is 0 Å². The van der Waals surface area contributed by atoms with Gasteiger partial charge in [0.15, 0.2) is 0 Å². The minimum Gasteiger partial charge on any atom is -0.396 e. The third kappa shape index (κ3) is 20.1. The van der Waals surface area contributed by atoms with Crippen LogP contribution in [0.1, 0.15) is 46.2 Å². The van der Waals surface area contributed by atoms with E-state index in [1.807, 2.05) is 72.8 Å². The molecular weight excluding hydrogens is 484 g/mol. The highest BCUT2D eigenvalue weighted by molar-refractivity contribution is 5.21. The molecule has 0 unspecified atom stereocenters. The lowest BCUT2D eigenvalue weighted by atomic mass is 10.1. The zero-order valence-corrected chi connectivity index (χ0v) is 25.1. The van der Waals surface area contributed by atoms with Crippen LogP contribution in [0.25, 0.3) is 0 Å². The van der Waals surface area contributed by atoms with Gasteiger partial charge in [0, 0.05) is 6.61 Å². The first-order valence-electron chi connectivity index (χ1n) is 14.1. The van der Waals surface area contributed by atoms with Crippen LogP contribution in [0.15, 0.2) is 146 Å².